The first-order valence-corrected chi connectivity index (χ1v) is 5.46. The molecule has 0 aliphatic heterocycles. The second-order valence-electron chi connectivity index (χ2n) is 3.82. The fourth-order valence-electron chi connectivity index (χ4n) is 1.66. The number of hydrogen-bond acceptors (Lipinski definition) is 3. The molecule has 0 aliphatic rings. The molecule has 0 saturated heterocycles. The molecule has 0 atom stereocenters. The van der Waals surface area contributed by atoms with E-state index in [1.807, 2.05) is 6.07 Å². The van der Waals surface area contributed by atoms with E-state index in [1.54, 1.807) is 24.3 Å². The third-order valence-corrected chi connectivity index (χ3v) is 2.48. The monoisotopic (exact) mass is 253 g/mol. The van der Waals surface area contributed by atoms with E-state index in [-0.39, 0.29) is 5.75 Å². The van der Waals surface area contributed by atoms with Crippen molar-refractivity contribution in [1.82, 2.24) is 15.1 Å². The van der Waals surface area contributed by atoms with Gasteiger partial charge in [0.2, 0.25) is 0 Å². The number of hydrogen-bond donors (Lipinski definition) is 2. The normalized spacial score (nSPS) is 11.1. The second-order valence-corrected chi connectivity index (χ2v) is 3.82. The summed E-state index contributed by atoms with van der Waals surface area (Å²) in [7, 11) is 0. The van der Waals surface area contributed by atoms with Gasteiger partial charge < -0.3 is 10.4 Å². The van der Waals surface area contributed by atoms with Crippen LogP contribution in [-0.4, -0.2) is 14.9 Å². The SMILES string of the molecule is Oc1cccc(CNCc2ccnn2C(F)F)c1. The van der Waals surface area contributed by atoms with Crippen LogP contribution < -0.4 is 5.32 Å². The number of aromatic nitrogens is 2. The largest absolute Gasteiger partial charge is 0.508 e. The number of rotatable bonds is 5. The highest BCUT2D eigenvalue weighted by Gasteiger charge is 2.10. The number of nitrogens with one attached hydrogen (secondary N) is 1. The summed E-state index contributed by atoms with van der Waals surface area (Å²) in [6, 6.07) is 8.32. The number of phenols is 1. The Labute approximate surface area is 103 Å². The van der Waals surface area contributed by atoms with Gasteiger partial charge in [0.1, 0.15) is 5.75 Å². The van der Waals surface area contributed by atoms with Gasteiger partial charge in [-0.15, -0.1) is 0 Å². The van der Waals surface area contributed by atoms with E-state index in [0.29, 0.717) is 23.5 Å². The fourth-order valence-corrected chi connectivity index (χ4v) is 1.66. The summed E-state index contributed by atoms with van der Waals surface area (Å²) in [4.78, 5) is 0. The molecular weight excluding hydrogens is 240 g/mol. The van der Waals surface area contributed by atoms with Crippen LogP contribution in [0.15, 0.2) is 36.5 Å². The minimum absolute atomic E-state index is 0.187. The smallest absolute Gasteiger partial charge is 0.333 e. The lowest BCUT2D eigenvalue weighted by Crippen LogP contribution is -2.16. The van der Waals surface area contributed by atoms with Gasteiger partial charge in [-0.25, -0.2) is 4.68 Å². The van der Waals surface area contributed by atoms with Gasteiger partial charge in [-0.1, -0.05) is 12.1 Å². The minimum atomic E-state index is -2.63. The maximum absolute atomic E-state index is 12.5. The van der Waals surface area contributed by atoms with Crippen molar-refractivity contribution in [2.45, 2.75) is 19.6 Å². The zero-order valence-electron chi connectivity index (χ0n) is 9.55. The van der Waals surface area contributed by atoms with Gasteiger partial charge in [0.25, 0.3) is 0 Å². The van der Waals surface area contributed by atoms with Crippen LogP contribution in [0.1, 0.15) is 17.8 Å². The molecule has 2 aromatic rings. The Morgan fingerprint density at radius 1 is 1.28 bits per heavy atom. The average Bonchev–Trinajstić information content (AvgIpc) is 2.77. The van der Waals surface area contributed by atoms with Crippen molar-refractivity contribution in [3.05, 3.63) is 47.8 Å². The molecule has 0 radical (unpaired) electrons. The predicted molar refractivity (Wildman–Crippen MR) is 62.1 cm³/mol. The standard InChI is InChI=1S/C12H13F2N3O/c13-12(14)17-10(4-5-16-17)8-15-7-9-2-1-3-11(18)6-9/h1-6,12,15,18H,7-8H2. The van der Waals surface area contributed by atoms with Crippen LogP contribution in [-0.2, 0) is 13.1 Å². The maximum Gasteiger partial charge on any atom is 0.333 e. The van der Waals surface area contributed by atoms with Crippen molar-refractivity contribution in [3.63, 3.8) is 0 Å². The van der Waals surface area contributed by atoms with Gasteiger partial charge in [0, 0.05) is 19.3 Å². The van der Waals surface area contributed by atoms with E-state index in [0.717, 1.165) is 5.56 Å². The third kappa shape index (κ3) is 3.04. The first-order chi connectivity index (χ1) is 8.66. The Morgan fingerprint density at radius 3 is 2.83 bits per heavy atom. The van der Waals surface area contributed by atoms with Gasteiger partial charge >= 0.3 is 6.55 Å². The predicted octanol–water partition coefficient (Wildman–Crippen LogP) is 2.27. The minimum Gasteiger partial charge on any atom is -0.508 e. The molecule has 96 valence electrons. The zero-order valence-corrected chi connectivity index (χ0v) is 9.55. The number of phenolic OH excluding ortho intramolecular Hbond substituents is 1. The molecule has 0 amide bonds. The molecule has 1 aromatic heterocycles. The van der Waals surface area contributed by atoms with E-state index in [2.05, 4.69) is 10.4 Å². The maximum atomic E-state index is 12.5. The molecule has 0 fully saturated rings. The molecule has 0 aliphatic carbocycles. The van der Waals surface area contributed by atoms with Crippen molar-refractivity contribution in [2.24, 2.45) is 0 Å². The second kappa shape index (κ2) is 5.59. The van der Waals surface area contributed by atoms with Crippen LogP contribution in [0.4, 0.5) is 8.78 Å². The lowest BCUT2D eigenvalue weighted by molar-refractivity contribution is 0.0531. The van der Waals surface area contributed by atoms with Gasteiger partial charge in [0.15, 0.2) is 0 Å². The molecular formula is C12H13F2N3O. The summed E-state index contributed by atoms with van der Waals surface area (Å²) >= 11 is 0. The Kier molecular flexibility index (Phi) is 3.88. The highest BCUT2D eigenvalue weighted by molar-refractivity contribution is 5.26. The summed E-state index contributed by atoms with van der Waals surface area (Å²) in [6.45, 7) is -1.85. The Hall–Kier alpha value is -1.95. The molecule has 18 heavy (non-hydrogen) atoms. The van der Waals surface area contributed by atoms with E-state index < -0.39 is 6.55 Å². The Bertz CT molecular complexity index is 514. The topological polar surface area (TPSA) is 50.1 Å². The van der Waals surface area contributed by atoms with Crippen LogP contribution in [0.3, 0.4) is 0 Å². The van der Waals surface area contributed by atoms with Crippen molar-refractivity contribution in [1.29, 1.82) is 0 Å². The molecule has 2 N–H and O–H groups in total. The summed E-state index contributed by atoms with van der Waals surface area (Å²) in [6.07, 6.45) is 1.34. The molecule has 0 unspecified atom stereocenters. The van der Waals surface area contributed by atoms with E-state index >= 15 is 0 Å². The zero-order chi connectivity index (χ0) is 13.0. The first kappa shape index (κ1) is 12.5. The van der Waals surface area contributed by atoms with Crippen LogP contribution in [0.5, 0.6) is 5.75 Å². The van der Waals surface area contributed by atoms with Gasteiger partial charge in [0.05, 0.1) is 5.69 Å². The molecule has 0 bridgehead atoms. The van der Waals surface area contributed by atoms with Gasteiger partial charge in [-0.2, -0.15) is 13.9 Å². The molecule has 0 saturated carbocycles. The van der Waals surface area contributed by atoms with Gasteiger partial charge in [-0.3, -0.25) is 0 Å². The lowest BCUT2D eigenvalue weighted by atomic mass is 10.2. The number of benzene rings is 1. The quantitative estimate of drug-likeness (QED) is 0.859. The van der Waals surface area contributed by atoms with Crippen LogP contribution >= 0.6 is 0 Å². The number of nitrogens with zero attached hydrogens (tertiary/aromatic N) is 2. The van der Waals surface area contributed by atoms with Crippen LogP contribution in [0.2, 0.25) is 0 Å². The molecule has 6 heteroatoms. The summed E-state index contributed by atoms with van der Waals surface area (Å²) in [5, 5.41) is 15.8. The first-order valence-electron chi connectivity index (χ1n) is 5.46. The Morgan fingerprint density at radius 2 is 2.11 bits per heavy atom. The van der Waals surface area contributed by atoms with E-state index in [1.165, 1.54) is 6.20 Å². The van der Waals surface area contributed by atoms with Crippen molar-refractivity contribution in [2.75, 3.05) is 0 Å². The third-order valence-electron chi connectivity index (χ3n) is 2.48. The molecule has 0 spiro atoms. The molecule has 1 heterocycles. The van der Waals surface area contributed by atoms with Crippen molar-refractivity contribution in [3.8, 4) is 5.75 Å². The molecule has 4 nitrogen and oxygen atoms in total. The van der Waals surface area contributed by atoms with Crippen LogP contribution in [0, 0.1) is 0 Å². The van der Waals surface area contributed by atoms with E-state index in [4.69, 9.17) is 0 Å². The highest BCUT2D eigenvalue weighted by Crippen LogP contribution is 2.13. The lowest BCUT2D eigenvalue weighted by Gasteiger charge is -2.08. The highest BCUT2D eigenvalue weighted by atomic mass is 19.3. The van der Waals surface area contributed by atoms with Crippen LogP contribution in [0.25, 0.3) is 0 Å². The number of alkyl halides is 2. The summed E-state index contributed by atoms with van der Waals surface area (Å²) in [5.74, 6) is 0.187. The van der Waals surface area contributed by atoms with Crippen molar-refractivity contribution >= 4 is 0 Å². The average molecular weight is 253 g/mol. The van der Waals surface area contributed by atoms with E-state index in [9.17, 15) is 13.9 Å². The Balaban J connectivity index is 1.90. The van der Waals surface area contributed by atoms with Gasteiger partial charge in [-0.05, 0) is 23.8 Å². The number of halogens is 2. The van der Waals surface area contributed by atoms with Crippen molar-refractivity contribution < 1.29 is 13.9 Å². The molecule has 2 rings (SSSR count). The fraction of sp³-hybridized carbons (Fsp3) is 0.250. The molecule has 1 aromatic carbocycles. The number of aromatic hydroxyl groups is 1. The summed E-state index contributed by atoms with van der Waals surface area (Å²) in [5.41, 5.74) is 1.31. The summed E-state index contributed by atoms with van der Waals surface area (Å²) < 4.78 is 25.7.